The van der Waals surface area contributed by atoms with Crippen molar-refractivity contribution in [3.05, 3.63) is 57.5 Å². The molecule has 0 aliphatic carbocycles. The molecule has 0 unspecified atom stereocenters. The summed E-state index contributed by atoms with van der Waals surface area (Å²) in [6, 6.07) is 8.04. The highest BCUT2D eigenvalue weighted by atomic mass is 16.4. The van der Waals surface area contributed by atoms with Crippen molar-refractivity contribution in [2.24, 2.45) is 0 Å². The summed E-state index contributed by atoms with van der Waals surface area (Å²) in [6.45, 7) is 2.39. The summed E-state index contributed by atoms with van der Waals surface area (Å²) >= 11 is 0. The number of aromatic amines is 1. The smallest absolute Gasteiger partial charge is 0.282 e. The summed E-state index contributed by atoms with van der Waals surface area (Å²) in [5.41, 5.74) is 1.66. The van der Waals surface area contributed by atoms with Crippen LogP contribution in [0.3, 0.4) is 0 Å². The summed E-state index contributed by atoms with van der Waals surface area (Å²) in [5.74, 6) is -0.984. The summed E-state index contributed by atoms with van der Waals surface area (Å²) in [4.78, 5) is 37.5. The van der Waals surface area contributed by atoms with Gasteiger partial charge in [0.2, 0.25) is 5.95 Å². The predicted octanol–water partition coefficient (Wildman–Crippen LogP) is -0.0775. The number of carbonyl (C=O) groups excluding carboxylic acids is 1. The van der Waals surface area contributed by atoms with Gasteiger partial charge in [0.25, 0.3) is 11.5 Å². The SMILES string of the molecule is Cc1cc2nc(C(=O)Nc3nc4c(O)cccc4[nH]3)c(=O)n(C[C@H](O)[C@H](O)[C@H](O)CO)c2cc1C. The van der Waals surface area contributed by atoms with Crippen molar-refractivity contribution in [1.82, 2.24) is 19.5 Å². The average molecular weight is 483 g/mol. The second-order valence-corrected chi connectivity index (χ2v) is 8.32. The molecule has 12 nitrogen and oxygen atoms in total. The molecule has 7 N–H and O–H groups in total. The average Bonchev–Trinajstić information content (AvgIpc) is 3.24. The number of nitrogens with one attached hydrogen (secondary N) is 2. The Hall–Kier alpha value is -3.84. The summed E-state index contributed by atoms with van der Waals surface area (Å²) in [5, 5.41) is 51.6. The van der Waals surface area contributed by atoms with Gasteiger partial charge in [0, 0.05) is 0 Å². The first-order valence-electron chi connectivity index (χ1n) is 10.8. The number of aromatic hydroxyl groups is 1. The number of nitrogens with zero attached hydrogens (tertiary/aromatic N) is 3. The van der Waals surface area contributed by atoms with Gasteiger partial charge in [0.05, 0.1) is 29.7 Å². The molecule has 0 saturated heterocycles. The van der Waals surface area contributed by atoms with Gasteiger partial charge in [-0.25, -0.2) is 9.97 Å². The number of aliphatic hydroxyl groups excluding tert-OH is 4. The third kappa shape index (κ3) is 4.59. The van der Waals surface area contributed by atoms with Crippen LogP contribution in [-0.2, 0) is 6.54 Å². The lowest BCUT2D eigenvalue weighted by Gasteiger charge is -2.23. The van der Waals surface area contributed by atoms with E-state index in [1.807, 2.05) is 13.8 Å². The lowest BCUT2D eigenvalue weighted by atomic mass is 10.1. The van der Waals surface area contributed by atoms with Crippen molar-refractivity contribution in [3.8, 4) is 5.75 Å². The van der Waals surface area contributed by atoms with E-state index in [0.29, 0.717) is 16.6 Å². The zero-order valence-electron chi connectivity index (χ0n) is 18.9. The van der Waals surface area contributed by atoms with Gasteiger partial charge in [-0.15, -0.1) is 0 Å². The quantitative estimate of drug-likeness (QED) is 0.188. The zero-order chi connectivity index (χ0) is 25.4. The fourth-order valence-corrected chi connectivity index (χ4v) is 3.73. The van der Waals surface area contributed by atoms with Crippen LogP contribution in [0.25, 0.3) is 22.1 Å². The maximum absolute atomic E-state index is 13.3. The minimum atomic E-state index is -1.73. The molecule has 1 amide bonds. The summed E-state index contributed by atoms with van der Waals surface area (Å²) in [6.07, 6.45) is -4.98. The first-order valence-corrected chi connectivity index (χ1v) is 10.8. The van der Waals surface area contributed by atoms with Gasteiger partial charge < -0.3 is 35.1 Å². The fourth-order valence-electron chi connectivity index (χ4n) is 3.73. The first kappa shape index (κ1) is 24.3. The monoisotopic (exact) mass is 483 g/mol. The Kier molecular flexibility index (Phi) is 6.54. The molecule has 0 bridgehead atoms. The molecule has 3 atom stereocenters. The predicted molar refractivity (Wildman–Crippen MR) is 126 cm³/mol. The van der Waals surface area contributed by atoms with Crippen LogP contribution in [0.15, 0.2) is 35.1 Å². The minimum Gasteiger partial charge on any atom is -0.506 e. The Balaban J connectivity index is 1.77. The largest absolute Gasteiger partial charge is 0.506 e. The number of H-pyrrole nitrogens is 1. The molecule has 4 rings (SSSR count). The van der Waals surface area contributed by atoms with E-state index >= 15 is 0 Å². The number of imidazole rings is 1. The maximum Gasteiger partial charge on any atom is 0.282 e. The molecular formula is C23H25N5O7. The van der Waals surface area contributed by atoms with E-state index in [9.17, 15) is 30.0 Å². The highest BCUT2D eigenvalue weighted by Gasteiger charge is 2.27. The van der Waals surface area contributed by atoms with Crippen molar-refractivity contribution in [2.75, 3.05) is 11.9 Å². The van der Waals surface area contributed by atoms with E-state index in [1.54, 1.807) is 24.3 Å². The number of benzene rings is 2. The molecule has 4 aromatic rings. The molecule has 2 aromatic carbocycles. The van der Waals surface area contributed by atoms with Gasteiger partial charge in [-0.05, 0) is 49.2 Å². The lowest BCUT2D eigenvalue weighted by molar-refractivity contribution is -0.0805. The number of aryl methyl sites for hydroxylation is 2. The van der Waals surface area contributed by atoms with Gasteiger partial charge in [-0.1, -0.05) is 6.07 Å². The van der Waals surface area contributed by atoms with Crippen LogP contribution in [-0.4, -0.2) is 75.9 Å². The Morgan fingerprint density at radius 2 is 1.83 bits per heavy atom. The fraction of sp³-hybridized carbons (Fsp3) is 0.304. The molecule has 0 fully saturated rings. The van der Waals surface area contributed by atoms with E-state index in [1.165, 1.54) is 6.07 Å². The van der Waals surface area contributed by atoms with Crippen molar-refractivity contribution < 1.29 is 30.3 Å². The highest BCUT2D eigenvalue weighted by molar-refractivity contribution is 6.03. The minimum absolute atomic E-state index is 0.0130. The number of anilines is 1. The summed E-state index contributed by atoms with van der Waals surface area (Å²) < 4.78 is 1.09. The van der Waals surface area contributed by atoms with Gasteiger partial charge in [-0.2, -0.15) is 0 Å². The van der Waals surface area contributed by atoms with E-state index in [2.05, 4.69) is 20.3 Å². The van der Waals surface area contributed by atoms with E-state index < -0.39 is 48.6 Å². The van der Waals surface area contributed by atoms with Gasteiger partial charge in [0.15, 0.2) is 5.69 Å². The van der Waals surface area contributed by atoms with Crippen molar-refractivity contribution >= 4 is 33.9 Å². The normalized spacial score (nSPS) is 14.2. The molecule has 0 aliphatic rings. The molecule has 2 heterocycles. The number of aromatic nitrogens is 4. The zero-order valence-corrected chi connectivity index (χ0v) is 18.9. The number of phenols is 1. The Morgan fingerprint density at radius 3 is 2.51 bits per heavy atom. The molecule has 2 aromatic heterocycles. The van der Waals surface area contributed by atoms with Crippen molar-refractivity contribution in [2.45, 2.75) is 38.7 Å². The molecule has 12 heteroatoms. The Bertz CT molecular complexity index is 1480. The van der Waals surface area contributed by atoms with Crippen LogP contribution in [0.4, 0.5) is 5.95 Å². The molecule has 0 spiro atoms. The van der Waals surface area contributed by atoms with Gasteiger partial charge >= 0.3 is 0 Å². The molecule has 184 valence electrons. The van der Waals surface area contributed by atoms with Crippen LogP contribution < -0.4 is 10.9 Å². The van der Waals surface area contributed by atoms with Gasteiger partial charge in [0.1, 0.15) is 29.6 Å². The lowest BCUT2D eigenvalue weighted by Crippen LogP contribution is -2.44. The van der Waals surface area contributed by atoms with E-state index in [-0.39, 0.29) is 17.2 Å². The number of fused-ring (bicyclic) bond motifs is 2. The standard InChI is InChI=1S/C23H25N5O7/c1-10-6-13-14(7-11(10)2)28(8-16(31)20(33)17(32)9-29)22(35)19(24-13)21(34)27-23-25-12-4-3-5-15(30)18(12)26-23/h3-7,16-17,20,29-33H,8-9H2,1-2H3,(H2,25,26,27,34)/t16-,17+,20-/m0/s1. The molecule has 0 radical (unpaired) electrons. The van der Waals surface area contributed by atoms with Crippen LogP contribution in [0.2, 0.25) is 0 Å². The number of phenolic OH excluding ortho intramolecular Hbond substituents is 1. The number of hydrogen-bond donors (Lipinski definition) is 7. The molecule has 0 aliphatic heterocycles. The first-order chi connectivity index (χ1) is 16.6. The number of aliphatic hydroxyl groups is 4. The van der Waals surface area contributed by atoms with Crippen LogP contribution in [0.5, 0.6) is 5.75 Å². The second-order valence-electron chi connectivity index (χ2n) is 8.32. The Labute approximate surface area is 198 Å². The van der Waals surface area contributed by atoms with E-state index in [4.69, 9.17) is 5.11 Å². The van der Waals surface area contributed by atoms with E-state index in [0.717, 1.165) is 15.7 Å². The third-order valence-electron chi connectivity index (χ3n) is 5.85. The summed E-state index contributed by atoms with van der Waals surface area (Å²) in [7, 11) is 0. The van der Waals surface area contributed by atoms with Crippen molar-refractivity contribution in [1.29, 1.82) is 0 Å². The maximum atomic E-state index is 13.3. The van der Waals surface area contributed by atoms with Crippen LogP contribution in [0.1, 0.15) is 21.6 Å². The number of hydrogen-bond acceptors (Lipinski definition) is 9. The highest BCUT2D eigenvalue weighted by Crippen LogP contribution is 2.24. The number of rotatable bonds is 7. The van der Waals surface area contributed by atoms with Crippen LogP contribution in [0, 0.1) is 13.8 Å². The molecule has 35 heavy (non-hydrogen) atoms. The number of amides is 1. The molecule has 0 saturated carbocycles. The second kappa shape index (κ2) is 9.43. The van der Waals surface area contributed by atoms with Gasteiger partial charge in [-0.3, -0.25) is 14.9 Å². The Morgan fingerprint density at radius 1 is 1.11 bits per heavy atom. The number of carbonyl (C=O) groups is 1. The number of para-hydroxylation sites is 1. The molecular weight excluding hydrogens is 458 g/mol. The topological polar surface area (TPSA) is 194 Å². The van der Waals surface area contributed by atoms with Crippen molar-refractivity contribution in [3.63, 3.8) is 0 Å². The third-order valence-corrected chi connectivity index (χ3v) is 5.85. The van der Waals surface area contributed by atoms with Crippen LogP contribution >= 0.6 is 0 Å².